The fourth-order valence-electron chi connectivity index (χ4n) is 3.32. The molecule has 2 N–H and O–H groups in total. The molecule has 10 heteroatoms. The number of halogens is 3. The molecule has 3 aromatic rings. The van der Waals surface area contributed by atoms with Gasteiger partial charge in [-0.1, -0.05) is 6.58 Å². The molecule has 1 heterocycles. The van der Waals surface area contributed by atoms with Crippen LogP contribution in [0.3, 0.4) is 0 Å². The largest absolute Gasteiger partial charge is 0.352 e. The zero-order valence-corrected chi connectivity index (χ0v) is 17.7. The highest BCUT2D eigenvalue weighted by Gasteiger charge is 2.23. The van der Waals surface area contributed by atoms with Gasteiger partial charge in [-0.15, -0.1) is 0 Å². The van der Waals surface area contributed by atoms with Crippen molar-refractivity contribution in [3.63, 3.8) is 0 Å². The average Bonchev–Trinajstić information content (AvgIpc) is 3.07. The molecule has 3 rings (SSSR count). The van der Waals surface area contributed by atoms with Crippen LogP contribution in [0, 0.1) is 17.5 Å². The minimum absolute atomic E-state index is 0.0639. The van der Waals surface area contributed by atoms with Crippen molar-refractivity contribution in [2.24, 2.45) is 4.99 Å². The number of aliphatic imine (C=N–C) groups is 1. The Morgan fingerprint density at radius 3 is 2.48 bits per heavy atom. The summed E-state index contributed by atoms with van der Waals surface area (Å²) in [5, 5.41) is 0.0564. The molecule has 0 aliphatic carbocycles. The van der Waals surface area contributed by atoms with Gasteiger partial charge in [0.15, 0.2) is 0 Å². The summed E-state index contributed by atoms with van der Waals surface area (Å²) in [4.78, 5) is 7.94. The molecule has 1 aromatic heterocycles. The Bertz CT molecular complexity index is 1250. The van der Waals surface area contributed by atoms with Crippen LogP contribution in [0.25, 0.3) is 22.2 Å². The molecule has 0 aliphatic rings. The Kier molecular flexibility index (Phi) is 6.51. The van der Waals surface area contributed by atoms with Gasteiger partial charge in [-0.05, 0) is 54.1 Å². The Labute approximate surface area is 178 Å². The van der Waals surface area contributed by atoms with E-state index in [9.17, 15) is 21.6 Å². The third kappa shape index (κ3) is 4.64. The van der Waals surface area contributed by atoms with E-state index in [1.165, 1.54) is 55.5 Å². The Hall–Kier alpha value is -3.11. The van der Waals surface area contributed by atoms with Crippen LogP contribution < -0.4 is 4.72 Å². The Morgan fingerprint density at radius 2 is 1.87 bits per heavy atom. The van der Waals surface area contributed by atoms with Crippen molar-refractivity contribution in [1.82, 2.24) is 14.6 Å². The normalized spacial score (nSPS) is 12.4. The highest BCUT2D eigenvalue weighted by Crippen LogP contribution is 2.32. The number of nitrogens with zero attached hydrogens (tertiary/aromatic N) is 2. The molecule has 0 saturated carbocycles. The van der Waals surface area contributed by atoms with Crippen molar-refractivity contribution in [2.75, 3.05) is 20.6 Å². The Morgan fingerprint density at radius 1 is 1.19 bits per heavy atom. The number of sulfonamides is 1. The van der Waals surface area contributed by atoms with Crippen LogP contribution in [0.5, 0.6) is 0 Å². The van der Waals surface area contributed by atoms with Crippen LogP contribution in [0.2, 0.25) is 0 Å². The topological polar surface area (TPSA) is 77.6 Å². The van der Waals surface area contributed by atoms with E-state index in [4.69, 9.17) is 0 Å². The van der Waals surface area contributed by atoms with Crippen LogP contribution >= 0.6 is 0 Å². The number of H-pyrrole nitrogens is 1. The lowest BCUT2D eigenvalue weighted by Gasteiger charge is -2.16. The van der Waals surface area contributed by atoms with E-state index in [1.54, 1.807) is 0 Å². The SMILES string of the molecule is C=CN(C)/C(=N\C)S(=O)(=O)NCCc1c(-c2ccc(F)cc2)[nH]c2c(F)cc(F)cc12. The fraction of sp³-hybridized carbons (Fsp3) is 0.190. The van der Waals surface area contributed by atoms with Crippen molar-refractivity contribution in [3.05, 3.63) is 72.2 Å². The Balaban J connectivity index is 1.98. The number of nitrogens with one attached hydrogen (secondary N) is 2. The predicted molar refractivity (Wildman–Crippen MR) is 116 cm³/mol. The molecule has 6 nitrogen and oxygen atoms in total. The van der Waals surface area contributed by atoms with Gasteiger partial charge in [0.25, 0.3) is 10.0 Å². The van der Waals surface area contributed by atoms with Crippen LogP contribution in [-0.2, 0) is 16.4 Å². The minimum Gasteiger partial charge on any atom is -0.352 e. The van der Waals surface area contributed by atoms with Crippen LogP contribution in [0.15, 0.2) is 54.2 Å². The van der Waals surface area contributed by atoms with Gasteiger partial charge in [-0.2, -0.15) is 0 Å². The van der Waals surface area contributed by atoms with Crippen LogP contribution in [0.1, 0.15) is 5.56 Å². The third-order valence-electron chi connectivity index (χ3n) is 4.74. The summed E-state index contributed by atoms with van der Waals surface area (Å²) in [6.07, 6.45) is 1.42. The van der Waals surface area contributed by atoms with E-state index in [-0.39, 0.29) is 29.0 Å². The van der Waals surface area contributed by atoms with E-state index in [0.29, 0.717) is 16.8 Å². The first-order chi connectivity index (χ1) is 14.7. The highest BCUT2D eigenvalue weighted by atomic mass is 32.2. The van der Waals surface area contributed by atoms with Gasteiger partial charge < -0.3 is 9.88 Å². The van der Waals surface area contributed by atoms with Crippen molar-refractivity contribution < 1.29 is 21.6 Å². The predicted octanol–water partition coefficient (Wildman–Crippen LogP) is 3.78. The molecule has 0 amide bonds. The summed E-state index contributed by atoms with van der Waals surface area (Å²) in [5.41, 5.74) is 1.58. The molecule has 0 atom stereocenters. The number of hydrogen-bond donors (Lipinski definition) is 2. The number of rotatable bonds is 6. The quantitative estimate of drug-likeness (QED) is 0.443. The number of aromatic amines is 1. The molecule has 31 heavy (non-hydrogen) atoms. The van der Waals surface area contributed by atoms with E-state index < -0.39 is 27.5 Å². The second-order valence-electron chi connectivity index (χ2n) is 6.74. The van der Waals surface area contributed by atoms with E-state index in [1.807, 2.05) is 0 Å². The summed E-state index contributed by atoms with van der Waals surface area (Å²) in [6.45, 7) is 3.45. The first kappa shape index (κ1) is 22.6. The van der Waals surface area contributed by atoms with Crippen LogP contribution in [0.4, 0.5) is 13.2 Å². The molecule has 164 valence electrons. The lowest BCUT2D eigenvalue weighted by atomic mass is 10.0. The van der Waals surface area contributed by atoms with E-state index >= 15 is 0 Å². The number of benzene rings is 2. The summed E-state index contributed by atoms with van der Waals surface area (Å²) < 4.78 is 69.1. The standard InChI is InChI=1S/C21H21F3N4O2S/c1-4-28(3)21(25-2)31(29,30)26-10-9-16-17-11-15(23)12-18(24)20(17)27-19(16)13-5-7-14(22)8-6-13/h4-8,11-12,26-27H,1,9-10H2,2-3H3/b25-21+. The lowest BCUT2D eigenvalue weighted by Crippen LogP contribution is -2.39. The summed E-state index contributed by atoms with van der Waals surface area (Å²) in [7, 11) is -1.11. The monoisotopic (exact) mass is 450 g/mol. The first-order valence-electron chi connectivity index (χ1n) is 9.25. The molecule has 0 fully saturated rings. The van der Waals surface area contributed by atoms with Gasteiger partial charge >= 0.3 is 0 Å². The van der Waals surface area contributed by atoms with Gasteiger partial charge in [0.05, 0.1) is 5.52 Å². The second kappa shape index (κ2) is 8.94. The summed E-state index contributed by atoms with van der Waals surface area (Å²) >= 11 is 0. The summed E-state index contributed by atoms with van der Waals surface area (Å²) in [5.74, 6) is -1.98. The molecule has 0 spiro atoms. The van der Waals surface area contributed by atoms with Gasteiger partial charge in [-0.25, -0.2) is 26.3 Å². The number of amidine groups is 1. The van der Waals surface area contributed by atoms with Crippen molar-refractivity contribution in [1.29, 1.82) is 0 Å². The van der Waals surface area contributed by atoms with Crippen molar-refractivity contribution in [3.8, 4) is 11.3 Å². The number of hydrogen-bond acceptors (Lipinski definition) is 3. The number of fused-ring (bicyclic) bond motifs is 1. The minimum atomic E-state index is -3.94. The molecule has 0 bridgehead atoms. The molecule has 2 aromatic carbocycles. The maximum absolute atomic E-state index is 14.3. The molecule has 0 aliphatic heterocycles. The second-order valence-corrected chi connectivity index (χ2v) is 8.40. The van der Waals surface area contributed by atoms with Gasteiger partial charge in [0.2, 0.25) is 5.17 Å². The lowest BCUT2D eigenvalue weighted by molar-refractivity contribution is 0.583. The average molecular weight is 450 g/mol. The van der Waals surface area contributed by atoms with Gasteiger partial charge in [0, 0.05) is 37.8 Å². The zero-order chi connectivity index (χ0) is 22.8. The molecule has 0 unspecified atom stereocenters. The molecule has 0 radical (unpaired) electrons. The van der Waals surface area contributed by atoms with Crippen LogP contribution in [-0.4, -0.2) is 44.1 Å². The summed E-state index contributed by atoms with van der Waals surface area (Å²) in [6, 6.07) is 7.44. The maximum atomic E-state index is 14.3. The van der Waals surface area contributed by atoms with Gasteiger partial charge in [-0.3, -0.25) is 4.99 Å². The van der Waals surface area contributed by atoms with Gasteiger partial charge in [0.1, 0.15) is 17.5 Å². The zero-order valence-electron chi connectivity index (χ0n) is 16.9. The smallest absolute Gasteiger partial charge is 0.274 e. The fourth-order valence-corrected chi connectivity index (χ4v) is 4.51. The molecular weight excluding hydrogens is 429 g/mol. The molecular formula is C21H21F3N4O2S. The number of aromatic nitrogens is 1. The molecule has 0 saturated heterocycles. The highest BCUT2D eigenvalue weighted by molar-refractivity contribution is 8.04. The van der Waals surface area contributed by atoms with Crippen molar-refractivity contribution >= 4 is 26.1 Å². The van der Waals surface area contributed by atoms with Crippen molar-refractivity contribution in [2.45, 2.75) is 6.42 Å². The third-order valence-corrected chi connectivity index (χ3v) is 6.27. The van der Waals surface area contributed by atoms with E-state index in [0.717, 1.165) is 6.07 Å². The van der Waals surface area contributed by atoms with E-state index in [2.05, 4.69) is 21.3 Å². The first-order valence-corrected chi connectivity index (χ1v) is 10.7. The maximum Gasteiger partial charge on any atom is 0.274 e.